The highest BCUT2D eigenvalue weighted by molar-refractivity contribution is 7.92. The van der Waals surface area contributed by atoms with Gasteiger partial charge in [0.15, 0.2) is 0 Å². The lowest BCUT2D eigenvalue weighted by Gasteiger charge is -2.09. The van der Waals surface area contributed by atoms with Gasteiger partial charge in [-0.25, -0.2) is 13.4 Å². The zero-order valence-electron chi connectivity index (χ0n) is 9.66. The van der Waals surface area contributed by atoms with E-state index in [0.717, 1.165) is 0 Å². The maximum Gasteiger partial charge on any atom is 0.264 e. The molecule has 94 valence electrons. The minimum Gasteiger partial charge on any atom is -0.397 e. The molecule has 7 heteroatoms. The standard InChI is InChI=1S/C11H12N4O2S/c1-8-5-9(12)6-14-11(8)15-18(16,17)10-3-2-4-13-7-10/h2-7H,12H2,1H3,(H,14,15). The summed E-state index contributed by atoms with van der Waals surface area (Å²) in [6.45, 7) is 1.73. The molecule has 0 amide bonds. The molecule has 0 atom stereocenters. The molecule has 0 fully saturated rings. The monoisotopic (exact) mass is 264 g/mol. The van der Waals surface area contributed by atoms with Crippen LogP contribution < -0.4 is 10.5 Å². The van der Waals surface area contributed by atoms with Crippen LogP contribution in [0.1, 0.15) is 5.56 Å². The van der Waals surface area contributed by atoms with Gasteiger partial charge < -0.3 is 5.73 Å². The number of nitrogens with one attached hydrogen (secondary N) is 1. The first kappa shape index (κ1) is 12.3. The lowest BCUT2D eigenvalue weighted by atomic mass is 10.3. The van der Waals surface area contributed by atoms with Crippen LogP contribution in [0.2, 0.25) is 0 Å². The Hall–Kier alpha value is -2.15. The van der Waals surface area contributed by atoms with E-state index in [4.69, 9.17) is 5.73 Å². The van der Waals surface area contributed by atoms with Gasteiger partial charge in [0.2, 0.25) is 0 Å². The van der Waals surface area contributed by atoms with Gasteiger partial charge in [0.1, 0.15) is 10.7 Å². The van der Waals surface area contributed by atoms with E-state index in [1.165, 1.54) is 24.7 Å². The van der Waals surface area contributed by atoms with E-state index in [9.17, 15) is 8.42 Å². The average molecular weight is 264 g/mol. The number of anilines is 2. The molecule has 0 spiro atoms. The molecule has 0 saturated heterocycles. The smallest absolute Gasteiger partial charge is 0.264 e. The second-order valence-corrected chi connectivity index (χ2v) is 5.41. The molecule has 0 aromatic carbocycles. The van der Waals surface area contributed by atoms with Crippen LogP contribution in [0.5, 0.6) is 0 Å². The van der Waals surface area contributed by atoms with Crippen molar-refractivity contribution in [2.45, 2.75) is 11.8 Å². The summed E-state index contributed by atoms with van der Waals surface area (Å²) in [5, 5.41) is 0. The van der Waals surface area contributed by atoms with E-state index in [1.54, 1.807) is 19.1 Å². The summed E-state index contributed by atoms with van der Waals surface area (Å²) in [6, 6.07) is 4.66. The summed E-state index contributed by atoms with van der Waals surface area (Å²) in [5.41, 5.74) is 6.69. The zero-order valence-corrected chi connectivity index (χ0v) is 10.5. The molecule has 2 rings (SSSR count). The van der Waals surface area contributed by atoms with E-state index >= 15 is 0 Å². The van der Waals surface area contributed by atoms with Crippen molar-refractivity contribution >= 4 is 21.5 Å². The van der Waals surface area contributed by atoms with Crippen molar-refractivity contribution in [2.75, 3.05) is 10.5 Å². The summed E-state index contributed by atoms with van der Waals surface area (Å²) in [7, 11) is -3.66. The highest BCUT2D eigenvalue weighted by Gasteiger charge is 2.15. The lowest BCUT2D eigenvalue weighted by Crippen LogP contribution is -2.15. The predicted molar refractivity (Wildman–Crippen MR) is 68.4 cm³/mol. The predicted octanol–water partition coefficient (Wildman–Crippen LogP) is 1.17. The minimum atomic E-state index is -3.66. The maximum atomic E-state index is 12.0. The molecule has 0 saturated carbocycles. The van der Waals surface area contributed by atoms with Crippen LogP contribution in [0.15, 0.2) is 41.7 Å². The average Bonchev–Trinajstić information content (AvgIpc) is 2.34. The maximum absolute atomic E-state index is 12.0. The van der Waals surface area contributed by atoms with Crippen LogP contribution in [0.3, 0.4) is 0 Å². The van der Waals surface area contributed by atoms with Crippen LogP contribution >= 0.6 is 0 Å². The van der Waals surface area contributed by atoms with Gasteiger partial charge in [0.25, 0.3) is 10.0 Å². The van der Waals surface area contributed by atoms with Gasteiger partial charge in [-0.3, -0.25) is 9.71 Å². The second-order valence-electron chi connectivity index (χ2n) is 3.73. The fourth-order valence-electron chi connectivity index (χ4n) is 1.40. The molecular weight excluding hydrogens is 252 g/mol. The number of aryl methyl sites for hydroxylation is 1. The van der Waals surface area contributed by atoms with E-state index in [1.807, 2.05) is 0 Å². The summed E-state index contributed by atoms with van der Waals surface area (Å²) >= 11 is 0. The molecule has 18 heavy (non-hydrogen) atoms. The number of sulfonamides is 1. The van der Waals surface area contributed by atoms with E-state index in [0.29, 0.717) is 11.3 Å². The van der Waals surface area contributed by atoms with Gasteiger partial charge in [-0.1, -0.05) is 0 Å². The number of nitrogen functional groups attached to an aromatic ring is 1. The number of rotatable bonds is 3. The van der Waals surface area contributed by atoms with Crippen molar-refractivity contribution in [3.63, 3.8) is 0 Å². The number of hydrogen-bond acceptors (Lipinski definition) is 5. The molecule has 0 aliphatic carbocycles. The summed E-state index contributed by atoms with van der Waals surface area (Å²) in [5.74, 6) is 0.257. The number of pyridine rings is 2. The topological polar surface area (TPSA) is 98.0 Å². The molecule has 0 aliphatic heterocycles. The van der Waals surface area contributed by atoms with E-state index in [-0.39, 0.29) is 10.7 Å². The van der Waals surface area contributed by atoms with Gasteiger partial charge in [-0.15, -0.1) is 0 Å². The molecule has 0 bridgehead atoms. The highest BCUT2D eigenvalue weighted by Crippen LogP contribution is 2.18. The zero-order chi connectivity index (χ0) is 13.2. The Balaban J connectivity index is 2.34. The van der Waals surface area contributed by atoms with Crippen LogP contribution in [0.25, 0.3) is 0 Å². The first-order chi connectivity index (χ1) is 8.49. The van der Waals surface area contributed by atoms with Gasteiger partial charge >= 0.3 is 0 Å². The van der Waals surface area contributed by atoms with E-state index in [2.05, 4.69) is 14.7 Å². The van der Waals surface area contributed by atoms with Gasteiger partial charge in [-0.2, -0.15) is 0 Å². The van der Waals surface area contributed by atoms with Crippen LogP contribution in [0, 0.1) is 6.92 Å². The van der Waals surface area contributed by atoms with E-state index < -0.39 is 10.0 Å². The van der Waals surface area contributed by atoms with Gasteiger partial charge in [0, 0.05) is 12.4 Å². The molecule has 2 heterocycles. The van der Waals surface area contributed by atoms with Crippen molar-refractivity contribution in [1.29, 1.82) is 0 Å². The molecule has 0 aliphatic rings. The second kappa shape index (κ2) is 4.61. The number of nitrogens with zero attached hydrogens (tertiary/aromatic N) is 2. The Bertz CT molecular complexity index is 656. The van der Waals surface area contributed by atoms with Crippen molar-refractivity contribution in [3.05, 3.63) is 42.4 Å². The normalized spacial score (nSPS) is 11.2. The SMILES string of the molecule is Cc1cc(N)cnc1NS(=O)(=O)c1cccnc1. The van der Waals surface area contributed by atoms with Crippen LogP contribution in [0.4, 0.5) is 11.5 Å². The molecule has 0 radical (unpaired) electrons. The van der Waals surface area contributed by atoms with Crippen molar-refractivity contribution in [3.8, 4) is 0 Å². The number of aromatic nitrogens is 2. The Morgan fingerprint density at radius 3 is 2.72 bits per heavy atom. The quantitative estimate of drug-likeness (QED) is 0.867. The largest absolute Gasteiger partial charge is 0.397 e. The Morgan fingerprint density at radius 2 is 2.11 bits per heavy atom. The van der Waals surface area contributed by atoms with Crippen molar-refractivity contribution < 1.29 is 8.42 Å². The minimum absolute atomic E-state index is 0.0861. The van der Waals surface area contributed by atoms with Crippen molar-refractivity contribution in [2.24, 2.45) is 0 Å². The molecule has 3 N–H and O–H groups in total. The summed E-state index contributed by atoms with van der Waals surface area (Å²) in [4.78, 5) is 7.81. The third kappa shape index (κ3) is 2.57. The third-order valence-corrected chi connectivity index (χ3v) is 3.60. The lowest BCUT2D eigenvalue weighted by molar-refractivity contribution is 0.600. The molecule has 6 nitrogen and oxygen atoms in total. The fourth-order valence-corrected chi connectivity index (χ4v) is 2.44. The summed E-state index contributed by atoms with van der Waals surface area (Å²) in [6.07, 6.45) is 4.18. The molecule has 2 aromatic rings. The fraction of sp³-hybridized carbons (Fsp3) is 0.0909. The number of nitrogens with two attached hydrogens (primary N) is 1. The Labute approximate surface area is 105 Å². The number of hydrogen-bond donors (Lipinski definition) is 2. The first-order valence-corrected chi connectivity index (χ1v) is 6.62. The molecular formula is C11H12N4O2S. The highest BCUT2D eigenvalue weighted by atomic mass is 32.2. The summed E-state index contributed by atoms with van der Waals surface area (Å²) < 4.78 is 26.4. The van der Waals surface area contributed by atoms with Gasteiger partial charge in [-0.05, 0) is 30.7 Å². The first-order valence-electron chi connectivity index (χ1n) is 5.14. The Morgan fingerprint density at radius 1 is 1.33 bits per heavy atom. The molecule has 2 aromatic heterocycles. The molecule has 0 unspecified atom stereocenters. The van der Waals surface area contributed by atoms with Crippen molar-refractivity contribution in [1.82, 2.24) is 9.97 Å². The van der Waals surface area contributed by atoms with Crippen LogP contribution in [-0.4, -0.2) is 18.4 Å². The van der Waals surface area contributed by atoms with Gasteiger partial charge in [0.05, 0.1) is 11.9 Å². The van der Waals surface area contributed by atoms with Crippen LogP contribution in [-0.2, 0) is 10.0 Å². The Kier molecular flexibility index (Phi) is 3.15. The third-order valence-electron chi connectivity index (χ3n) is 2.28.